The molecule has 3 N–H and O–H groups in total. The van der Waals surface area contributed by atoms with E-state index in [-0.39, 0.29) is 6.17 Å². The largest absolute Gasteiger partial charge is 0.397 e. The first-order valence-electron chi connectivity index (χ1n) is 5.42. The van der Waals surface area contributed by atoms with Crippen LogP contribution in [0.25, 0.3) is 0 Å². The Morgan fingerprint density at radius 3 is 3.00 bits per heavy atom. The molecule has 2 aliphatic rings. The number of hydrogen-bond acceptors (Lipinski definition) is 4. The zero-order chi connectivity index (χ0) is 12.4. The van der Waals surface area contributed by atoms with Gasteiger partial charge >= 0.3 is 0 Å². The highest BCUT2D eigenvalue weighted by atomic mass is 15.6. The second-order valence-corrected chi connectivity index (χ2v) is 3.82. The fourth-order valence-corrected chi connectivity index (χ4v) is 1.90. The van der Waals surface area contributed by atoms with Crippen molar-refractivity contribution in [1.29, 1.82) is 0 Å². The molecule has 2 aliphatic heterocycles. The molecule has 0 aromatic rings. The smallest absolute Gasteiger partial charge is 0.161 e. The molecule has 0 amide bonds. The van der Waals surface area contributed by atoms with Gasteiger partial charge in [-0.3, -0.25) is 10.4 Å². The lowest BCUT2D eigenvalue weighted by Crippen LogP contribution is -2.40. The summed E-state index contributed by atoms with van der Waals surface area (Å²) in [7, 11) is 0. The van der Waals surface area contributed by atoms with Crippen LogP contribution < -0.4 is 11.2 Å². The second-order valence-electron chi connectivity index (χ2n) is 3.82. The molecule has 0 aromatic carbocycles. The van der Waals surface area contributed by atoms with Gasteiger partial charge in [-0.15, -0.1) is 0 Å². The zero-order valence-electron chi connectivity index (χ0n) is 9.85. The number of rotatable bonds is 3. The van der Waals surface area contributed by atoms with E-state index in [1.807, 2.05) is 30.2 Å². The normalized spacial score (nSPS) is 22.5. The summed E-state index contributed by atoms with van der Waals surface area (Å²) >= 11 is 0. The highest BCUT2D eigenvalue weighted by Crippen LogP contribution is 2.27. The molecule has 0 radical (unpaired) electrons. The molecule has 2 rings (SSSR count). The van der Waals surface area contributed by atoms with E-state index < -0.39 is 0 Å². The van der Waals surface area contributed by atoms with E-state index in [1.54, 1.807) is 6.34 Å². The molecule has 0 saturated heterocycles. The maximum Gasteiger partial charge on any atom is 0.161 e. The van der Waals surface area contributed by atoms with Crippen LogP contribution >= 0.6 is 0 Å². The van der Waals surface area contributed by atoms with Crippen molar-refractivity contribution in [3.05, 3.63) is 60.0 Å². The molecule has 17 heavy (non-hydrogen) atoms. The molecule has 4 heteroatoms. The summed E-state index contributed by atoms with van der Waals surface area (Å²) < 4.78 is 0. The summed E-state index contributed by atoms with van der Waals surface area (Å²) in [4.78, 5) is 4.31. The average molecular weight is 228 g/mol. The maximum atomic E-state index is 5.80. The van der Waals surface area contributed by atoms with Gasteiger partial charge in [-0.25, -0.2) is 4.99 Å². The Balaban J connectivity index is 2.44. The van der Waals surface area contributed by atoms with Gasteiger partial charge in [0.1, 0.15) is 6.34 Å². The molecule has 4 nitrogen and oxygen atoms in total. The summed E-state index contributed by atoms with van der Waals surface area (Å²) in [5.74, 6) is 0. The SMILES string of the molecule is C=C/C(=C\C)C1=CC2N=CNN2C(C(=C)N)=C1. The number of allylic oxidation sites excluding steroid dienone is 5. The standard InChI is InChI=1S/C13H16N4/c1-4-10(5-2)11-6-12(9(3)14)17-13(7-11)15-8-16-17/h4-8,13H,1,3,14H2,2H3,(H,15,16)/b10-5+. The minimum Gasteiger partial charge on any atom is -0.397 e. The highest BCUT2D eigenvalue weighted by Gasteiger charge is 2.26. The summed E-state index contributed by atoms with van der Waals surface area (Å²) in [6.07, 6.45) is 9.46. The van der Waals surface area contributed by atoms with Gasteiger partial charge in [0.15, 0.2) is 6.17 Å². The number of nitrogens with one attached hydrogen (secondary N) is 1. The van der Waals surface area contributed by atoms with Gasteiger partial charge in [-0.05, 0) is 30.2 Å². The fourth-order valence-electron chi connectivity index (χ4n) is 1.90. The number of nitrogens with zero attached hydrogens (tertiary/aromatic N) is 2. The van der Waals surface area contributed by atoms with E-state index in [4.69, 9.17) is 5.73 Å². The Kier molecular flexibility index (Phi) is 2.87. The third kappa shape index (κ3) is 1.89. The van der Waals surface area contributed by atoms with Crippen LogP contribution in [0, 0.1) is 0 Å². The van der Waals surface area contributed by atoms with Gasteiger partial charge in [0.25, 0.3) is 0 Å². The third-order valence-corrected chi connectivity index (χ3v) is 2.76. The van der Waals surface area contributed by atoms with Gasteiger partial charge in [-0.2, -0.15) is 0 Å². The summed E-state index contributed by atoms with van der Waals surface area (Å²) in [6.45, 7) is 9.56. The Morgan fingerprint density at radius 1 is 1.65 bits per heavy atom. The average Bonchev–Trinajstić information content (AvgIpc) is 2.77. The molecule has 88 valence electrons. The van der Waals surface area contributed by atoms with Crippen molar-refractivity contribution in [1.82, 2.24) is 10.4 Å². The monoisotopic (exact) mass is 228 g/mol. The number of aliphatic imine (C=N–C) groups is 1. The second kappa shape index (κ2) is 4.33. The van der Waals surface area contributed by atoms with Crippen LogP contribution in [0.1, 0.15) is 6.92 Å². The van der Waals surface area contributed by atoms with E-state index in [0.29, 0.717) is 5.70 Å². The van der Waals surface area contributed by atoms with Gasteiger partial charge in [0.2, 0.25) is 0 Å². The van der Waals surface area contributed by atoms with Crippen molar-refractivity contribution in [2.75, 3.05) is 0 Å². The molecule has 1 atom stereocenters. The Hall–Kier alpha value is -2.23. The lowest BCUT2D eigenvalue weighted by atomic mass is 10.00. The minimum absolute atomic E-state index is 0.0693. The van der Waals surface area contributed by atoms with Gasteiger partial charge in [0.05, 0.1) is 5.70 Å². The van der Waals surface area contributed by atoms with Crippen molar-refractivity contribution < 1.29 is 0 Å². The van der Waals surface area contributed by atoms with Gasteiger partial charge < -0.3 is 5.73 Å². The molecule has 0 bridgehead atoms. The van der Waals surface area contributed by atoms with E-state index in [1.165, 1.54) is 0 Å². The van der Waals surface area contributed by atoms with Crippen molar-refractivity contribution in [3.8, 4) is 0 Å². The molecule has 0 spiro atoms. The van der Waals surface area contributed by atoms with E-state index in [9.17, 15) is 0 Å². The molecule has 0 aliphatic carbocycles. The van der Waals surface area contributed by atoms with Crippen LogP contribution in [0.2, 0.25) is 0 Å². The van der Waals surface area contributed by atoms with Crippen LogP contribution in [0.4, 0.5) is 0 Å². The van der Waals surface area contributed by atoms with Crippen LogP contribution in [0.3, 0.4) is 0 Å². The number of nitrogens with two attached hydrogens (primary N) is 1. The van der Waals surface area contributed by atoms with E-state index in [2.05, 4.69) is 29.7 Å². The lowest BCUT2D eigenvalue weighted by Gasteiger charge is -2.30. The fraction of sp³-hybridized carbons (Fsp3) is 0.154. The maximum absolute atomic E-state index is 5.80. The summed E-state index contributed by atoms with van der Waals surface area (Å²) in [6, 6.07) is 0. The number of hydrogen-bond donors (Lipinski definition) is 2. The minimum atomic E-state index is -0.0693. The lowest BCUT2D eigenvalue weighted by molar-refractivity contribution is 0.289. The molecule has 0 saturated carbocycles. The molecular weight excluding hydrogens is 212 g/mol. The molecule has 0 aromatic heterocycles. The third-order valence-electron chi connectivity index (χ3n) is 2.76. The molecule has 2 heterocycles. The van der Waals surface area contributed by atoms with Crippen molar-refractivity contribution in [2.45, 2.75) is 13.1 Å². The van der Waals surface area contributed by atoms with E-state index >= 15 is 0 Å². The summed E-state index contributed by atoms with van der Waals surface area (Å²) in [5, 5.41) is 1.88. The zero-order valence-corrected chi connectivity index (χ0v) is 9.85. The predicted octanol–water partition coefficient (Wildman–Crippen LogP) is 1.59. The van der Waals surface area contributed by atoms with Crippen LogP contribution in [-0.2, 0) is 0 Å². The molecule has 0 fully saturated rings. The van der Waals surface area contributed by atoms with Crippen LogP contribution in [0.5, 0.6) is 0 Å². The predicted molar refractivity (Wildman–Crippen MR) is 70.7 cm³/mol. The van der Waals surface area contributed by atoms with Crippen LogP contribution in [0.15, 0.2) is 65.0 Å². The first kappa shape index (κ1) is 11.3. The topological polar surface area (TPSA) is 53.7 Å². The van der Waals surface area contributed by atoms with Gasteiger partial charge in [0, 0.05) is 5.70 Å². The summed E-state index contributed by atoms with van der Waals surface area (Å²) in [5.41, 5.74) is 12.3. The van der Waals surface area contributed by atoms with E-state index in [0.717, 1.165) is 16.8 Å². The Labute approximate surface area is 101 Å². The Morgan fingerprint density at radius 2 is 2.41 bits per heavy atom. The van der Waals surface area contributed by atoms with Gasteiger partial charge in [-0.1, -0.05) is 25.3 Å². The van der Waals surface area contributed by atoms with Crippen molar-refractivity contribution in [3.63, 3.8) is 0 Å². The number of hydrazine groups is 1. The van der Waals surface area contributed by atoms with Crippen molar-refractivity contribution >= 4 is 6.34 Å². The molecule has 1 unspecified atom stereocenters. The Bertz CT molecular complexity index is 480. The first-order chi connectivity index (χ1) is 8.17. The first-order valence-corrected chi connectivity index (χ1v) is 5.42. The number of fused-ring (bicyclic) bond motifs is 1. The van der Waals surface area contributed by atoms with Crippen molar-refractivity contribution in [2.24, 2.45) is 10.7 Å². The van der Waals surface area contributed by atoms with Crippen LogP contribution in [-0.4, -0.2) is 17.5 Å². The highest BCUT2D eigenvalue weighted by molar-refractivity contribution is 5.61. The molecular formula is C13H16N4. The quantitative estimate of drug-likeness (QED) is 0.721.